The van der Waals surface area contributed by atoms with Crippen molar-refractivity contribution in [3.05, 3.63) is 46.5 Å². The molecular formula is C17H18ClF3NO3P. The molecule has 4 nitrogen and oxygen atoms in total. The van der Waals surface area contributed by atoms with E-state index >= 15 is 0 Å². The first kappa shape index (κ1) is 20.6. The molecule has 0 aliphatic heterocycles. The summed E-state index contributed by atoms with van der Waals surface area (Å²) in [5.41, 5.74) is 6.07. The van der Waals surface area contributed by atoms with Gasteiger partial charge in [-0.3, -0.25) is 4.57 Å². The second-order valence-electron chi connectivity index (χ2n) is 5.37. The van der Waals surface area contributed by atoms with Crippen molar-refractivity contribution < 1.29 is 27.0 Å². The van der Waals surface area contributed by atoms with E-state index in [-0.39, 0.29) is 17.4 Å². The fraction of sp³-hybridized carbons (Fsp3) is 0.294. The molecule has 1 unspecified atom stereocenters. The predicted octanol–water partition coefficient (Wildman–Crippen LogP) is 5.43. The molecule has 0 spiro atoms. The molecule has 0 saturated heterocycles. The Bertz CT molecular complexity index is 828. The van der Waals surface area contributed by atoms with Crippen molar-refractivity contribution in [1.82, 2.24) is 0 Å². The number of nitrogen functional groups attached to an aromatic ring is 1. The number of hydrogen-bond acceptors (Lipinski definition) is 4. The Hall–Kier alpha value is -1.69. The number of aryl methyl sites for hydroxylation is 1. The van der Waals surface area contributed by atoms with Gasteiger partial charge < -0.3 is 15.0 Å². The van der Waals surface area contributed by atoms with Crippen LogP contribution in [0.5, 0.6) is 11.5 Å². The van der Waals surface area contributed by atoms with Crippen molar-refractivity contribution >= 4 is 30.6 Å². The van der Waals surface area contributed by atoms with Gasteiger partial charge in [-0.15, -0.1) is 0 Å². The molecule has 142 valence electrons. The van der Waals surface area contributed by atoms with E-state index in [1.165, 1.54) is 6.07 Å². The van der Waals surface area contributed by atoms with Crippen molar-refractivity contribution in [3.63, 3.8) is 0 Å². The summed E-state index contributed by atoms with van der Waals surface area (Å²) < 4.78 is 61.2. The third-order valence-electron chi connectivity index (χ3n) is 3.59. The second kappa shape index (κ2) is 8.33. The Balaban J connectivity index is 2.42. The first-order valence-electron chi connectivity index (χ1n) is 7.81. The zero-order valence-corrected chi connectivity index (χ0v) is 15.9. The lowest BCUT2D eigenvalue weighted by Crippen LogP contribution is -2.09. The number of ether oxygens (including phenoxy) is 1. The standard InChI is InChI=1S/C17H18ClF3NO3P/c1-3-10-7-13(22)16(26(23)24-4-2)9-15(10)25-14-6-5-11(8-12(14)18)17(19,20)21/h5-9,26H,3-4,22H2,1-2H3. The van der Waals surface area contributed by atoms with Gasteiger partial charge in [0.05, 0.1) is 22.5 Å². The lowest BCUT2D eigenvalue weighted by Gasteiger charge is -2.16. The second-order valence-corrected chi connectivity index (χ2v) is 7.18. The topological polar surface area (TPSA) is 61.5 Å². The van der Waals surface area contributed by atoms with Crippen LogP contribution in [-0.2, 0) is 21.7 Å². The maximum absolute atomic E-state index is 12.7. The summed E-state index contributed by atoms with van der Waals surface area (Å²) in [6.45, 7) is 3.83. The van der Waals surface area contributed by atoms with Crippen molar-refractivity contribution in [2.24, 2.45) is 0 Å². The van der Waals surface area contributed by atoms with Crippen molar-refractivity contribution in [1.29, 1.82) is 0 Å². The molecule has 26 heavy (non-hydrogen) atoms. The fourth-order valence-electron chi connectivity index (χ4n) is 2.28. The smallest absolute Gasteiger partial charge is 0.416 e. The summed E-state index contributed by atoms with van der Waals surface area (Å²) in [5, 5.41) is 0.116. The van der Waals surface area contributed by atoms with Crippen LogP contribution in [0.1, 0.15) is 25.0 Å². The van der Waals surface area contributed by atoms with Gasteiger partial charge in [0.2, 0.25) is 8.03 Å². The number of halogens is 4. The number of alkyl halides is 3. The van der Waals surface area contributed by atoms with Crippen LogP contribution < -0.4 is 15.8 Å². The van der Waals surface area contributed by atoms with E-state index in [1.54, 1.807) is 13.0 Å². The predicted molar refractivity (Wildman–Crippen MR) is 97.0 cm³/mol. The summed E-state index contributed by atoms with van der Waals surface area (Å²) in [5.74, 6) is 0.373. The van der Waals surface area contributed by atoms with Crippen LogP contribution in [0.15, 0.2) is 30.3 Å². The van der Waals surface area contributed by atoms with Gasteiger partial charge in [-0.05, 0) is 49.2 Å². The summed E-state index contributed by atoms with van der Waals surface area (Å²) in [6.07, 6.45) is -3.95. The largest absolute Gasteiger partial charge is 0.455 e. The van der Waals surface area contributed by atoms with Crippen molar-refractivity contribution in [2.45, 2.75) is 26.4 Å². The van der Waals surface area contributed by atoms with Gasteiger partial charge in [-0.2, -0.15) is 13.2 Å². The lowest BCUT2D eigenvalue weighted by molar-refractivity contribution is -0.137. The van der Waals surface area contributed by atoms with E-state index in [2.05, 4.69) is 0 Å². The Morgan fingerprint density at radius 2 is 1.85 bits per heavy atom. The van der Waals surface area contributed by atoms with E-state index in [1.807, 2.05) is 6.92 Å². The minimum Gasteiger partial charge on any atom is -0.455 e. The minimum absolute atomic E-state index is 0.0566. The molecule has 0 heterocycles. The Morgan fingerprint density at radius 3 is 2.38 bits per heavy atom. The lowest BCUT2D eigenvalue weighted by atomic mass is 10.1. The van der Waals surface area contributed by atoms with Crippen LogP contribution in [0.2, 0.25) is 5.02 Å². The first-order chi connectivity index (χ1) is 12.2. The van der Waals surface area contributed by atoms with Gasteiger partial charge >= 0.3 is 6.18 Å². The van der Waals surface area contributed by atoms with Gasteiger partial charge in [-0.1, -0.05) is 18.5 Å². The highest BCUT2D eigenvalue weighted by molar-refractivity contribution is 7.48. The molecule has 9 heteroatoms. The number of nitrogens with two attached hydrogens (primary N) is 1. The van der Waals surface area contributed by atoms with E-state index in [4.69, 9.17) is 26.6 Å². The van der Waals surface area contributed by atoms with Gasteiger partial charge in [0, 0.05) is 5.69 Å². The third-order valence-corrected chi connectivity index (χ3v) is 5.31. The summed E-state index contributed by atoms with van der Waals surface area (Å²) >= 11 is 5.93. The molecule has 2 aromatic carbocycles. The van der Waals surface area contributed by atoms with Gasteiger partial charge in [0.15, 0.2) is 0 Å². The highest BCUT2D eigenvalue weighted by atomic mass is 35.5. The van der Waals surface area contributed by atoms with Crippen molar-refractivity contribution in [2.75, 3.05) is 12.3 Å². The molecule has 0 aliphatic carbocycles. The average Bonchev–Trinajstić information content (AvgIpc) is 2.56. The molecule has 0 aliphatic rings. The summed E-state index contributed by atoms with van der Waals surface area (Å²) in [4.78, 5) is 0. The van der Waals surface area contributed by atoms with Crippen LogP contribution >= 0.6 is 19.6 Å². The Morgan fingerprint density at radius 1 is 1.15 bits per heavy atom. The quantitative estimate of drug-likeness (QED) is 0.512. The Kier molecular flexibility index (Phi) is 6.61. The molecule has 1 atom stereocenters. The SMILES string of the molecule is CCO[PH](=O)c1cc(Oc2ccc(C(F)(F)F)cc2Cl)c(CC)cc1N. The molecule has 0 radical (unpaired) electrons. The molecule has 0 fully saturated rings. The fourth-order valence-corrected chi connectivity index (χ4v) is 3.47. The summed E-state index contributed by atoms with van der Waals surface area (Å²) in [7, 11) is -2.56. The van der Waals surface area contributed by atoms with E-state index in [0.29, 0.717) is 28.7 Å². The maximum Gasteiger partial charge on any atom is 0.416 e. The number of benzene rings is 2. The van der Waals surface area contributed by atoms with Crippen LogP contribution in [-0.4, -0.2) is 6.61 Å². The minimum atomic E-state index is -4.50. The van der Waals surface area contributed by atoms with Crippen LogP contribution in [0.4, 0.5) is 18.9 Å². The molecule has 2 aromatic rings. The summed E-state index contributed by atoms with van der Waals surface area (Å²) in [6, 6.07) is 5.92. The molecule has 2 rings (SSSR count). The molecule has 0 bridgehead atoms. The van der Waals surface area contributed by atoms with E-state index < -0.39 is 19.8 Å². The molecule has 0 amide bonds. The van der Waals surface area contributed by atoms with Gasteiger partial charge in [0.25, 0.3) is 0 Å². The third kappa shape index (κ3) is 4.72. The molecule has 0 aromatic heterocycles. The average molecular weight is 408 g/mol. The number of rotatable bonds is 6. The van der Waals surface area contributed by atoms with Crippen LogP contribution in [0, 0.1) is 0 Å². The van der Waals surface area contributed by atoms with Crippen LogP contribution in [0.25, 0.3) is 0 Å². The highest BCUT2D eigenvalue weighted by Crippen LogP contribution is 2.38. The number of hydrogen-bond donors (Lipinski definition) is 1. The molecule has 2 N–H and O–H groups in total. The normalized spacial score (nSPS) is 12.8. The van der Waals surface area contributed by atoms with Gasteiger partial charge in [-0.25, -0.2) is 0 Å². The zero-order valence-electron chi connectivity index (χ0n) is 14.1. The van der Waals surface area contributed by atoms with Crippen molar-refractivity contribution in [3.8, 4) is 11.5 Å². The maximum atomic E-state index is 12.7. The first-order valence-corrected chi connectivity index (χ1v) is 9.50. The number of anilines is 1. The monoisotopic (exact) mass is 407 g/mol. The van der Waals surface area contributed by atoms with E-state index in [9.17, 15) is 17.7 Å². The Labute approximate surface area is 154 Å². The van der Waals surface area contributed by atoms with Gasteiger partial charge in [0.1, 0.15) is 11.5 Å². The highest BCUT2D eigenvalue weighted by Gasteiger charge is 2.31. The molecular weight excluding hydrogens is 390 g/mol. The van der Waals surface area contributed by atoms with Crippen LogP contribution in [0.3, 0.4) is 0 Å². The van der Waals surface area contributed by atoms with E-state index in [0.717, 1.165) is 18.2 Å². The molecule has 0 saturated carbocycles. The zero-order chi connectivity index (χ0) is 19.5.